The molecule has 82 valence electrons. The minimum Gasteiger partial charge on any atom is -0.390 e. The Bertz CT molecular complexity index is 202. The first-order chi connectivity index (χ1) is 6.59. The zero-order valence-corrected chi connectivity index (χ0v) is 9.19. The Morgan fingerprint density at radius 3 is 2.21 bits per heavy atom. The molecule has 14 heavy (non-hydrogen) atoms. The van der Waals surface area contributed by atoms with Gasteiger partial charge in [0.2, 0.25) is 0 Å². The summed E-state index contributed by atoms with van der Waals surface area (Å²) in [7, 11) is 0. The summed E-state index contributed by atoms with van der Waals surface area (Å²) in [6.45, 7) is 3.95. The third-order valence-corrected chi connectivity index (χ3v) is 4.26. The van der Waals surface area contributed by atoms with Crippen molar-refractivity contribution in [3.05, 3.63) is 0 Å². The van der Waals surface area contributed by atoms with Gasteiger partial charge in [-0.25, -0.2) is 0 Å². The van der Waals surface area contributed by atoms with Crippen LogP contribution in [0, 0.1) is 23.7 Å². The molecule has 5 unspecified atom stereocenters. The second kappa shape index (κ2) is 3.82. The molecule has 2 saturated carbocycles. The van der Waals surface area contributed by atoms with Crippen LogP contribution in [0.4, 0.5) is 0 Å². The molecule has 2 aliphatic rings. The monoisotopic (exact) mass is 198 g/mol. The Morgan fingerprint density at radius 1 is 1.07 bits per heavy atom. The maximum absolute atomic E-state index is 10.1. The summed E-state index contributed by atoms with van der Waals surface area (Å²) in [6.07, 6.45) is 4.06. The molecule has 2 nitrogen and oxygen atoms in total. The summed E-state index contributed by atoms with van der Waals surface area (Å²) in [4.78, 5) is 0. The van der Waals surface area contributed by atoms with Gasteiger partial charge in [-0.15, -0.1) is 0 Å². The van der Waals surface area contributed by atoms with E-state index in [1.165, 1.54) is 19.3 Å². The predicted molar refractivity (Wildman–Crippen MR) is 55.8 cm³/mol. The Morgan fingerprint density at radius 2 is 1.79 bits per heavy atom. The Labute approximate surface area is 86.3 Å². The first-order valence-corrected chi connectivity index (χ1v) is 5.95. The molecule has 0 spiro atoms. The molecule has 0 radical (unpaired) electrons. The highest BCUT2D eigenvalue weighted by Gasteiger charge is 2.44. The second-order valence-corrected chi connectivity index (χ2v) is 5.56. The van der Waals surface area contributed by atoms with Gasteiger partial charge in [0.25, 0.3) is 0 Å². The van der Waals surface area contributed by atoms with Crippen LogP contribution < -0.4 is 0 Å². The molecule has 0 amide bonds. The van der Waals surface area contributed by atoms with Gasteiger partial charge in [-0.1, -0.05) is 20.3 Å². The topological polar surface area (TPSA) is 40.5 Å². The Balaban J connectivity index is 1.95. The third-order valence-electron chi connectivity index (χ3n) is 4.26. The molecule has 0 aliphatic heterocycles. The highest BCUT2D eigenvalue weighted by Crippen LogP contribution is 2.50. The van der Waals surface area contributed by atoms with Crippen LogP contribution in [0.2, 0.25) is 0 Å². The van der Waals surface area contributed by atoms with Crippen molar-refractivity contribution in [1.29, 1.82) is 0 Å². The van der Waals surface area contributed by atoms with Crippen molar-refractivity contribution in [2.75, 3.05) is 0 Å². The molecule has 2 N–H and O–H groups in total. The fourth-order valence-corrected chi connectivity index (χ4v) is 3.36. The third kappa shape index (κ3) is 1.70. The molecule has 2 fully saturated rings. The Kier molecular flexibility index (Phi) is 2.85. The number of hydrogen-bond acceptors (Lipinski definition) is 2. The van der Waals surface area contributed by atoms with Crippen molar-refractivity contribution in [3.63, 3.8) is 0 Å². The van der Waals surface area contributed by atoms with Crippen molar-refractivity contribution in [1.82, 2.24) is 0 Å². The minimum atomic E-state index is -0.528. The molecular weight excluding hydrogens is 176 g/mol. The van der Waals surface area contributed by atoms with E-state index in [1.807, 2.05) is 13.8 Å². The first kappa shape index (κ1) is 10.4. The lowest BCUT2D eigenvalue weighted by atomic mass is 9.80. The fourth-order valence-electron chi connectivity index (χ4n) is 3.36. The van der Waals surface area contributed by atoms with E-state index >= 15 is 0 Å². The van der Waals surface area contributed by atoms with Crippen molar-refractivity contribution >= 4 is 0 Å². The molecule has 0 heterocycles. The molecule has 2 rings (SSSR count). The highest BCUT2D eigenvalue weighted by atomic mass is 16.3. The van der Waals surface area contributed by atoms with Gasteiger partial charge in [0.15, 0.2) is 0 Å². The molecular formula is C12H22O2. The van der Waals surface area contributed by atoms with Gasteiger partial charge in [0.1, 0.15) is 0 Å². The lowest BCUT2D eigenvalue weighted by Crippen LogP contribution is -2.39. The summed E-state index contributed by atoms with van der Waals surface area (Å²) in [6, 6.07) is 0. The number of aliphatic hydroxyl groups excluding tert-OH is 2. The minimum absolute atomic E-state index is 0.170. The van der Waals surface area contributed by atoms with Gasteiger partial charge in [0, 0.05) is 0 Å². The van der Waals surface area contributed by atoms with Crippen LogP contribution in [0.25, 0.3) is 0 Å². The van der Waals surface area contributed by atoms with Crippen molar-refractivity contribution < 1.29 is 10.2 Å². The van der Waals surface area contributed by atoms with E-state index in [0.29, 0.717) is 11.8 Å². The molecule has 2 aliphatic carbocycles. The summed E-state index contributed by atoms with van der Waals surface area (Å²) < 4.78 is 0. The van der Waals surface area contributed by atoms with Gasteiger partial charge in [-0.3, -0.25) is 0 Å². The Hall–Kier alpha value is -0.0800. The summed E-state index contributed by atoms with van der Waals surface area (Å²) in [5.74, 6) is 2.10. The second-order valence-electron chi connectivity index (χ2n) is 5.56. The average molecular weight is 198 g/mol. The molecule has 2 heteroatoms. The van der Waals surface area contributed by atoms with E-state index in [0.717, 1.165) is 12.3 Å². The van der Waals surface area contributed by atoms with Gasteiger partial charge < -0.3 is 10.2 Å². The van der Waals surface area contributed by atoms with Crippen LogP contribution in [0.15, 0.2) is 0 Å². The van der Waals surface area contributed by atoms with Crippen LogP contribution in [0.1, 0.15) is 39.5 Å². The molecule has 0 aromatic rings. The van der Waals surface area contributed by atoms with Crippen LogP contribution in [-0.4, -0.2) is 22.4 Å². The lowest BCUT2D eigenvalue weighted by Gasteiger charge is -2.31. The number of fused-ring (bicyclic) bond motifs is 2. The van der Waals surface area contributed by atoms with Crippen LogP contribution >= 0.6 is 0 Å². The zero-order chi connectivity index (χ0) is 10.3. The van der Waals surface area contributed by atoms with E-state index in [2.05, 4.69) is 0 Å². The predicted octanol–water partition coefficient (Wildman–Crippen LogP) is 1.80. The summed E-state index contributed by atoms with van der Waals surface area (Å²) in [5.41, 5.74) is 0. The number of hydrogen-bond donors (Lipinski definition) is 2. The smallest absolute Gasteiger partial charge is 0.0832 e. The number of aliphatic hydroxyl groups is 2. The standard InChI is InChI=1S/C12H22O2/c1-7(2)11(13)12(14)10-6-8-3-4-9(10)5-8/h7-14H,3-6H2,1-2H3. The molecule has 2 bridgehead atoms. The van der Waals surface area contributed by atoms with E-state index < -0.39 is 12.2 Å². The molecule has 0 aromatic heterocycles. The SMILES string of the molecule is CC(C)C(O)C(O)C1CC2CCC1C2. The van der Waals surface area contributed by atoms with Gasteiger partial charge in [0.05, 0.1) is 12.2 Å². The summed E-state index contributed by atoms with van der Waals surface area (Å²) >= 11 is 0. The maximum atomic E-state index is 10.1. The quantitative estimate of drug-likeness (QED) is 0.726. The molecule has 5 atom stereocenters. The van der Waals surface area contributed by atoms with Crippen LogP contribution in [-0.2, 0) is 0 Å². The highest BCUT2D eigenvalue weighted by molar-refractivity contribution is 4.95. The van der Waals surface area contributed by atoms with Gasteiger partial charge >= 0.3 is 0 Å². The first-order valence-electron chi connectivity index (χ1n) is 5.95. The van der Waals surface area contributed by atoms with Crippen LogP contribution in [0.5, 0.6) is 0 Å². The molecule has 0 saturated heterocycles. The molecule has 0 aromatic carbocycles. The van der Waals surface area contributed by atoms with Crippen LogP contribution in [0.3, 0.4) is 0 Å². The van der Waals surface area contributed by atoms with E-state index in [4.69, 9.17) is 0 Å². The zero-order valence-electron chi connectivity index (χ0n) is 9.19. The van der Waals surface area contributed by atoms with Gasteiger partial charge in [-0.2, -0.15) is 0 Å². The van der Waals surface area contributed by atoms with E-state index in [9.17, 15) is 10.2 Å². The average Bonchev–Trinajstić information content (AvgIpc) is 2.76. The van der Waals surface area contributed by atoms with Gasteiger partial charge in [-0.05, 0) is 42.9 Å². The lowest BCUT2D eigenvalue weighted by molar-refractivity contribution is -0.0529. The number of rotatable bonds is 3. The largest absolute Gasteiger partial charge is 0.390 e. The van der Waals surface area contributed by atoms with Crippen molar-refractivity contribution in [2.24, 2.45) is 23.7 Å². The maximum Gasteiger partial charge on any atom is 0.0832 e. The fraction of sp³-hybridized carbons (Fsp3) is 1.00. The summed E-state index contributed by atoms with van der Waals surface area (Å²) in [5, 5.41) is 19.9. The van der Waals surface area contributed by atoms with Crippen molar-refractivity contribution in [2.45, 2.75) is 51.7 Å². The van der Waals surface area contributed by atoms with E-state index in [-0.39, 0.29) is 5.92 Å². The normalized spacial score (nSPS) is 40.5. The van der Waals surface area contributed by atoms with Crippen molar-refractivity contribution in [3.8, 4) is 0 Å². The van der Waals surface area contributed by atoms with E-state index in [1.54, 1.807) is 0 Å².